The van der Waals surface area contributed by atoms with Crippen molar-refractivity contribution < 1.29 is 14.0 Å². The molecule has 0 spiro atoms. The molecule has 1 atom stereocenters. The largest absolute Gasteiger partial charge is 0.365 e. The number of nitrogens with one attached hydrogen (secondary N) is 2. The van der Waals surface area contributed by atoms with Crippen LogP contribution in [0.25, 0.3) is 5.65 Å². The summed E-state index contributed by atoms with van der Waals surface area (Å²) < 4.78 is 16.5. The molecule has 2 amide bonds. The van der Waals surface area contributed by atoms with Crippen LogP contribution in [-0.4, -0.2) is 64.3 Å². The van der Waals surface area contributed by atoms with Gasteiger partial charge in [0.1, 0.15) is 17.2 Å². The first kappa shape index (κ1) is 20.4. The van der Waals surface area contributed by atoms with Gasteiger partial charge in [0.15, 0.2) is 0 Å². The van der Waals surface area contributed by atoms with E-state index in [1.165, 1.54) is 7.05 Å². The van der Waals surface area contributed by atoms with Gasteiger partial charge in [0.25, 0.3) is 5.91 Å². The minimum atomic E-state index is -0.635. The van der Waals surface area contributed by atoms with E-state index in [9.17, 15) is 14.0 Å². The van der Waals surface area contributed by atoms with Crippen LogP contribution in [0.5, 0.6) is 0 Å². The summed E-state index contributed by atoms with van der Waals surface area (Å²) in [5.74, 6) is -0.549. The van der Waals surface area contributed by atoms with Crippen LogP contribution in [-0.2, 0) is 11.3 Å². The van der Waals surface area contributed by atoms with E-state index in [4.69, 9.17) is 0 Å². The number of halogens is 1. The molecule has 5 heterocycles. The number of imidazole rings is 1. The molecule has 9 nitrogen and oxygen atoms in total. The lowest BCUT2D eigenvalue weighted by molar-refractivity contribution is -0.117. The van der Waals surface area contributed by atoms with Gasteiger partial charge >= 0.3 is 0 Å². The van der Waals surface area contributed by atoms with E-state index < -0.39 is 11.9 Å². The lowest BCUT2D eigenvalue weighted by Gasteiger charge is -2.36. The number of rotatable bonds is 4. The summed E-state index contributed by atoms with van der Waals surface area (Å²) in [6.07, 6.45) is 1.77. The Balaban J connectivity index is 1.27. The second-order valence-electron chi connectivity index (χ2n) is 8.19. The summed E-state index contributed by atoms with van der Waals surface area (Å²) in [5, 5.41) is 5.42. The smallest absolute Gasteiger partial charge is 0.269 e. The van der Waals surface area contributed by atoms with E-state index in [1.54, 1.807) is 18.3 Å². The third kappa shape index (κ3) is 3.46. The number of nitrogens with zero attached hydrogens (tertiary/aromatic N) is 5. The first-order chi connectivity index (χ1) is 15.4. The van der Waals surface area contributed by atoms with Crippen LogP contribution in [0.3, 0.4) is 0 Å². The Labute approximate surface area is 184 Å². The zero-order chi connectivity index (χ0) is 22.4. The van der Waals surface area contributed by atoms with Gasteiger partial charge in [0.05, 0.1) is 23.5 Å². The fourth-order valence-corrected chi connectivity index (χ4v) is 4.37. The lowest BCUT2D eigenvalue weighted by Crippen LogP contribution is -2.46. The van der Waals surface area contributed by atoms with E-state index >= 15 is 0 Å². The minimum Gasteiger partial charge on any atom is -0.365 e. The maximum atomic E-state index is 14.5. The second kappa shape index (κ2) is 7.86. The topological polar surface area (TPSA) is 94.9 Å². The Hall–Kier alpha value is -3.53. The fraction of sp³-hybridized carbons (Fsp3) is 0.364. The molecule has 10 heteroatoms. The third-order valence-corrected chi connectivity index (χ3v) is 6.19. The van der Waals surface area contributed by atoms with Gasteiger partial charge < -0.3 is 15.5 Å². The predicted molar refractivity (Wildman–Crippen MR) is 117 cm³/mol. The number of carbonyl (C=O) groups is 2. The van der Waals surface area contributed by atoms with Crippen molar-refractivity contribution in [3.05, 3.63) is 53.4 Å². The number of amides is 2. The highest BCUT2D eigenvalue weighted by Gasteiger charge is 2.27. The molecule has 3 aromatic heterocycles. The quantitative estimate of drug-likeness (QED) is 0.603. The van der Waals surface area contributed by atoms with Crippen molar-refractivity contribution in [3.63, 3.8) is 0 Å². The number of hydrogen-bond donors (Lipinski definition) is 2. The highest BCUT2D eigenvalue weighted by atomic mass is 19.1. The Morgan fingerprint density at radius 3 is 2.75 bits per heavy atom. The first-order valence-corrected chi connectivity index (χ1v) is 10.6. The summed E-state index contributed by atoms with van der Waals surface area (Å²) in [7, 11) is 1.49. The van der Waals surface area contributed by atoms with Crippen molar-refractivity contribution in [1.29, 1.82) is 0 Å². The van der Waals surface area contributed by atoms with Crippen molar-refractivity contribution >= 4 is 29.0 Å². The van der Waals surface area contributed by atoms with Gasteiger partial charge in [-0.25, -0.2) is 9.97 Å². The molecule has 0 saturated carbocycles. The zero-order valence-corrected chi connectivity index (χ0v) is 17.9. The Kier molecular flexibility index (Phi) is 5.01. The molecule has 2 aliphatic heterocycles. The Bertz CT molecular complexity index is 1220. The van der Waals surface area contributed by atoms with E-state index in [0.29, 0.717) is 25.3 Å². The van der Waals surface area contributed by atoms with Crippen molar-refractivity contribution in [2.24, 2.45) is 0 Å². The van der Waals surface area contributed by atoms with Crippen LogP contribution in [0.2, 0.25) is 0 Å². The van der Waals surface area contributed by atoms with E-state index in [-0.39, 0.29) is 17.5 Å². The molecule has 1 unspecified atom stereocenters. The van der Waals surface area contributed by atoms with Crippen molar-refractivity contribution in [2.75, 3.05) is 43.4 Å². The monoisotopic (exact) mass is 437 g/mol. The van der Waals surface area contributed by atoms with Gasteiger partial charge in [-0.2, -0.15) is 4.39 Å². The van der Waals surface area contributed by atoms with Gasteiger partial charge in [-0.3, -0.25) is 18.9 Å². The second-order valence-corrected chi connectivity index (χ2v) is 8.19. The van der Waals surface area contributed by atoms with E-state index in [1.807, 2.05) is 28.4 Å². The number of piperazine rings is 1. The lowest BCUT2D eigenvalue weighted by atomic mass is 10.1. The Morgan fingerprint density at radius 2 is 2.03 bits per heavy atom. The molecule has 166 valence electrons. The molecule has 2 N–H and O–H groups in total. The normalized spacial score (nSPS) is 18.7. The highest BCUT2D eigenvalue weighted by Crippen LogP contribution is 2.29. The van der Waals surface area contributed by atoms with E-state index in [2.05, 4.69) is 25.5 Å². The van der Waals surface area contributed by atoms with Crippen LogP contribution < -0.4 is 15.5 Å². The minimum absolute atomic E-state index is 0.0249. The summed E-state index contributed by atoms with van der Waals surface area (Å²) in [4.78, 5) is 36.4. The molecule has 1 fully saturated rings. The van der Waals surface area contributed by atoms with Crippen LogP contribution in [0, 0.1) is 5.95 Å². The summed E-state index contributed by atoms with van der Waals surface area (Å²) in [5.41, 5.74) is 3.26. The highest BCUT2D eigenvalue weighted by molar-refractivity contribution is 5.97. The van der Waals surface area contributed by atoms with E-state index in [0.717, 1.165) is 35.8 Å². The number of pyridine rings is 2. The van der Waals surface area contributed by atoms with Crippen molar-refractivity contribution in [1.82, 2.24) is 24.6 Å². The van der Waals surface area contributed by atoms with Gasteiger partial charge in [-0.1, -0.05) is 0 Å². The molecule has 5 rings (SSSR count). The SMILES string of the molecule is CNC(=O)c1ccc(N2CCN(Cc3cc4n5c(cnc5c3)C(C)C(=O)N4)CC2)c(F)n1. The number of carbonyl (C=O) groups excluding carboxylic acids is 2. The average molecular weight is 437 g/mol. The van der Waals surface area contributed by atoms with Gasteiger partial charge in [-0.05, 0) is 36.8 Å². The molecule has 0 radical (unpaired) electrons. The molecule has 1 saturated heterocycles. The summed E-state index contributed by atoms with van der Waals surface area (Å²) in [6.45, 7) is 5.38. The van der Waals surface area contributed by atoms with Crippen LogP contribution in [0.4, 0.5) is 15.9 Å². The molecule has 0 bridgehead atoms. The average Bonchev–Trinajstić information content (AvgIpc) is 3.22. The molecule has 32 heavy (non-hydrogen) atoms. The van der Waals surface area contributed by atoms with Crippen LogP contribution >= 0.6 is 0 Å². The molecular formula is C22H24FN7O2. The number of hydrogen-bond acceptors (Lipinski definition) is 6. The molecular weight excluding hydrogens is 413 g/mol. The Morgan fingerprint density at radius 1 is 1.25 bits per heavy atom. The van der Waals surface area contributed by atoms with Crippen LogP contribution in [0.1, 0.15) is 34.6 Å². The summed E-state index contributed by atoms with van der Waals surface area (Å²) in [6, 6.07) is 7.19. The first-order valence-electron chi connectivity index (χ1n) is 10.6. The number of aromatic nitrogens is 3. The molecule has 0 aromatic carbocycles. The molecule has 2 aliphatic rings. The maximum absolute atomic E-state index is 14.5. The predicted octanol–water partition coefficient (Wildman–Crippen LogP) is 1.61. The summed E-state index contributed by atoms with van der Waals surface area (Å²) >= 11 is 0. The van der Waals surface area contributed by atoms with Gasteiger partial charge in [0.2, 0.25) is 11.9 Å². The van der Waals surface area contributed by atoms with Crippen molar-refractivity contribution in [2.45, 2.75) is 19.4 Å². The fourth-order valence-electron chi connectivity index (χ4n) is 4.37. The van der Waals surface area contributed by atoms with Gasteiger partial charge in [-0.15, -0.1) is 0 Å². The third-order valence-electron chi connectivity index (χ3n) is 6.19. The molecule has 0 aliphatic carbocycles. The van der Waals surface area contributed by atoms with Crippen molar-refractivity contribution in [3.8, 4) is 0 Å². The van der Waals surface area contributed by atoms with Crippen LogP contribution in [0.15, 0.2) is 30.5 Å². The standard InChI is InChI=1S/C22H24FN7O2/c1-13-17-11-25-18-9-14(10-19(30(17)18)27-21(13)31)12-28-5-7-29(8-6-28)16-4-3-15(22(32)24-2)26-20(16)23/h3-4,9-11,13H,5-8,12H2,1-2H3,(H,24,32)(H,27,31). The maximum Gasteiger partial charge on any atom is 0.269 e. The molecule has 3 aromatic rings. The van der Waals surface area contributed by atoms with Gasteiger partial charge in [0, 0.05) is 39.8 Å². The number of anilines is 2. The zero-order valence-electron chi connectivity index (χ0n) is 17.9.